The van der Waals surface area contributed by atoms with Gasteiger partial charge in [0.2, 0.25) is 10.0 Å². The van der Waals surface area contributed by atoms with Crippen molar-refractivity contribution in [3.05, 3.63) is 72.3 Å². The van der Waals surface area contributed by atoms with Crippen molar-refractivity contribution in [3.8, 4) is 5.75 Å². The number of hydrogen-bond acceptors (Lipinski definition) is 3. The Labute approximate surface area is 154 Å². The number of ether oxygens (including phenoxy) is 1. The summed E-state index contributed by atoms with van der Waals surface area (Å²) in [5.41, 5.74) is 0.960. The standard InChI is InChI=1S/C21H21NO3S/c1-25-20-11-6-16(7-12-20)15-22(19-9-10-19)26(23,24)21-13-8-17-4-2-3-5-18(17)14-21/h2-8,11-14,19H,9-10,15H2,1H3. The molecule has 1 aliphatic rings. The molecule has 1 aliphatic carbocycles. The molecule has 4 nitrogen and oxygen atoms in total. The molecule has 0 bridgehead atoms. The van der Waals surface area contributed by atoms with Crippen molar-refractivity contribution in [2.75, 3.05) is 7.11 Å². The number of hydrogen-bond donors (Lipinski definition) is 0. The summed E-state index contributed by atoms with van der Waals surface area (Å²) in [6.45, 7) is 0.379. The molecular weight excluding hydrogens is 346 g/mol. The van der Waals surface area contributed by atoms with Crippen LogP contribution in [-0.2, 0) is 16.6 Å². The van der Waals surface area contributed by atoms with Gasteiger partial charge in [0.1, 0.15) is 5.75 Å². The molecule has 0 spiro atoms. The van der Waals surface area contributed by atoms with Crippen molar-refractivity contribution in [2.24, 2.45) is 0 Å². The minimum atomic E-state index is -3.54. The van der Waals surface area contributed by atoms with Crippen LogP contribution in [0.25, 0.3) is 10.8 Å². The summed E-state index contributed by atoms with van der Waals surface area (Å²) < 4.78 is 33.4. The molecule has 0 heterocycles. The van der Waals surface area contributed by atoms with E-state index >= 15 is 0 Å². The van der Waals surface area contributed by atoms with E-state index in [1.807, 2.05) is 54.6 Å². The molecule has 3 aromatic carbocycles. The largest absolute Gasteiger partial charge is 0.497 e. The second-order valence-electron chi connectivity index (χ2n) is 6.64. The Hall–Kier alpha value is -2.37. The molecule has 0 aromatic heterocycles. The Morgan fingerprint density at radius 1 is 0.962 bits per heavy atom. The van der Waals surface area contributed by atoms with E-state index in [2.05, 4.69) is 0 Å². The molecule has 0 N–H and O–H groups in total. The normalized spacial score (nSPS) is 14.7. The zero-order valence-corrected chi connectivity index (χ0v) is 15.4. The Kier molecular flexibility index (Phi) is 4.42. The maximum Gasteiger partial charge on any atom is 0.243 e. The molecule has 0 amide bonds. The van der Waals surface area contributed by atoms with Crippen molar-refractivity contribution < 1.29 is 13.2 Å². The molecule has 0 radical (unpaired) electrons. The molecule has 134 valence electrons. The highest BCUT2D eigenvalue weighted by molar-refractivity contribution is 7.89. The van der Waals surface area contributed by atoms with Crippen molar-refractivity contribution >= 4 is 20.8 Å². The lowest BCUT2D eigenvalue weighted by Crippen LogP contribution is -2.32. The average molecular weight is 367 g/mol. The predicted molar refractivity (Wildman–Crippen MR) is 103 cm³/mol. The fourth-order valence-corrected chi connectivity index (χ4v) is 4.86. The van der Waals surface area contributed by atoms with Crippen LogP contribution in [0, 0.1) is 0 Å². The second kappa shape index (κ2) is 6.74. The lowest BCUT2D eigenvalue weighted by atomic mass is 10.1. The average Bonchev–Trinajstić information content (AvgIpc) is 3.51. The SMILES string of the molecule is COc1ccc(CN(C2CC2)S(=O)(=O)c2ccc3ccccc3c2)cc1. The Morgan fingerprint density at radius 2 is 1.65 bits per heavy atom. The molecule has 4 rings (SSSR count). The highest BCUT2D eigenvalue weighted by Crippen LogP contribution is 2.34. The molecule has 0 saturated heterocycles. The van der Waals surface area contributed by atoms with E-state index < -0.39 is 10.0 Å². The summed E-state index contributed by atoms with van der Waals surface area (Å²) in [4.78, 5) is 0.358. The summed E-state index contributed by atoms with van der Waals surface area (Å²) >= 11 is 0. The quantitative estimate of drug-likeness (QED) is 0.656. The maximum absolute atomic E-state index is 13.3. The van der Waals surface area contributed by atoms with Crippen LogP contribution in [0.3, 0.4) is 0 Å². The van der Waals surface area contributed by atoms with Gasteiger partial charge in [0.25, 0.3) is 0 Å². The van der Waals surface area contributed by atoms with Gasteiger partial charge in [-0.1, -0.05) is 42.5 Å². The molecular formula is C21H21NO3S. The first-order valence-corrected chi connectivity index (χ1v) is 10.2. The number of nitrogens with zero attached hydrogens (tertiary/aromatic N) is 1. The lowest BCUT2D eigenvalue weighted by molar-refractivity contribution is 0.397. The summed E-state index contributed by atoms with van der Waals surface area (Å²) in [5.74, 6) is 0.768. The van der Waals surface area contributed by atoms with Gasteiger partial charge in [-0.2, -0.15) is 4.31 Å². The van der Waals surface area contributed by atoms with Crippen LogP contribution in [0.5, 0.6) is 5.75 Å². The van der Waals surface area contributed by atoms with Crippen LogP contribution < -0.4 is 4.74 Å². The minimum absolute atomic E-state index is 0.0913. The van der Waals surface area contributed by atoms with Gasteiger partial charge in [0, 0.05) is 12.6 Å². The van der Waals surface area contributed by atoms with E-state index in [1.54, 1.807) is 23.5 Å². The molecule has 26 heavy (non-hydrogen) atoms. The third-order valence-electron chi connectivity index (χ3n) is 4.78. The Balaban J connectivity index is 1.67. The third-order valence-corrected chi connectivity index (χ3v) is 6.67. The van der Waals surface area contributed by atoms with Gasteiger partial charge in [-0.25, -0.2) is 8.42 Å². The second-order valence-corrected chi connectivity index (χ2v) is 8.53. The van der Waals surface area contributed by atoms with Gasteiger partial charge >= 0.3 is 0 Å². The van der Waals surface area contributed by atoms with Crippen LogP contribution in [0.4, 0.5) is 0 Å². The van der Waals surface area contributed by atoms with E-state index in [9.17, 15) is 8.42 Å². The highest BCUT2D eigenvalue weighted by atomic mass is 32.2. The number of methoxy groups -OCH3 is 1. The van der Waals surface area contributed by atoms with Crippen LogP contribution in [0.1, 0.15) is 18.4 Å². The number of benzene rings is 3. The Morgan fingerprint density at radius 3 is 2.31 bits per heavy atom. The first kappa shape index (κ1) is 17.1. The first-order valence-electron chi connectivity index (χ1n) is 8.71. The number of rotatable bonds is 6. The van der Waals surface area contributed by atoms with Gasteiger partial charge in [-0.3, -0.25) is 0 Å². The smallest absolute Gasteiger partial charge is 0.243 e. The summed E-state index contributed by atoms with van der Waals surface area (Å²) in [6, 6.07) is 20.8. The molecule has 1 saturated carbocycles. The highest BCUT2D eigenvalue weighted by Gasteiger charge is 2.38. The van der Waals surface area contributed by atoms with Gasteiger partial charge < -0.3 is 4.74 Å². The van der Waals surface area contributed by atoms with E-state index in [-0.39, 0.29) is 6.04 Å². The minimum Gasteiger partial charge on any atom is -0.497 e. The van der Waals surface area contributed by atoms with Crippen LogP contribution >= 0.6 is 0 Å². The van der Waals surface area contributed by atoms with E-state index in [4.69, 9.17) is 4.74 Å². The fourth-order valence-electron chi connectivity index (χ4n) is 3.15. The molecule has 0 aliphatic heterocycles. The monoisotopic (exact) mass is 367 g/mol. The van der Waals surface area contributed by atoms with Gasteiger partial charge in [0.05, 0.1) is 12.0 Å². The first-order chi connectivity index (χ1) is 12.6. The van der Waals surface area contributed by atoms with Crippen molar-refractivity contribution in [1.29, 1.82) is 0 Å². The topological polar surface area (TPSA) is 46.6 Å². The van der Waals surface area contributed by atoms with E-state index in [1.165, 1.54) is 0 Å². The maximum atomic E-state index is 13.3. The summed E-state index contributed by atoms with van der Waals surface area (Å²) in [7, 11) is -1.92. The predicted octanol–water partition coefficient (Wildman–Crippen LogP) is 4.20. The summed E-state index contributed by atoms with van der Waals surface area (Å²) in [6.07, 6.45) is 1.84. The lowest BCUT2D eigenvalue weighted by Gasteiger charge is -2.22. The van der Waals surface area contributed by atoms with Crippen molar-refractivity contribution in [2.45, 2.75) is 30.3 Å². The third kappa shape index (κ3) is 3.32. The zero-order valence-electron chi connectivity index (χ0n) is 14.6. The fraction of sp³-hybridized carbons (Fsp3) is 0.238. The van der Waals surface area contributed by atoms with Crippen LogP contribution in [-0.4, -0.2) is 25.9 Å². The Bertz CT molecular complexity index is 1020. The van der Waals surface area contributed by atoms with Crippen LogP contribution in [0.2, 0.25) is 0 Å². The summed E-state index contributed by atoms with van der Waals surface area (Å²) in [5, 5.41) is 1.98. The molecule has 0 atom stereocenters. The van der Waals surface area contributed by atoms with Gasteiger partial charge in [-0.05, 0) is 53.4 Å². The van der Waals surface area contributed by atoms with E-state index in [0.29, 0.717) is 11.4 Å². The molecule has 1 fully saturated rings. The molecule has 5 heteroatoms. The molecule has 3 aromatic rings. The van der Waals surface area contributed by atoms with Crippen LogP contribution in [0.15, 0.2) is 71.6 Å². The number of fused-ring (bicyclic) bond motifs is 1. The van der Waals surface area contributed by atoms with Gasteiger partial charge in [-0.15, -0.1) is 0 Å². The van der Waals surface area contributed by atoms with Gasteiger partial charge in [0.15, 0.2) is 0 Å². The van der Waals surface area contributed by atoms with Crippen molar-refractivity contribution in [3.63, 3.8) is 0 Å². The van der Waals surface area contributed by atoms with Crippen molar-refractivity contribution in [1.82, 2.24) is 4.31 Å². The van der Waals surface area contributed by atoms with E-state index in [0.717, 1.165) is 34.9 Å². The number of sulfonamides is 1. The zero-order chi connectivity index (χ0) is 18.1. The molecule has 0 unspecified atom stereocenters.